The van der Waals surface area contributed by atoms with Gasteiger partial charge < -0.3 is 31.9 Å². The van der Waals surface area contributed by atoms with Crippen LogP contribution in [0.3, 0.4) is 0 Å². The van der Waals surface area contributed by atoms with E-state index in [0.717, 1.165) is 0 Å². The van der Waals surface area contributed by atoms with Gasteiger partial charge in [0.2, 0.25) is 17.7 Å². The molecule has 0 aromatic carbocycles. The number of carboxylic acids is 2. The van der Waals surface area contributed by atoms with Crippen LogP contribution in [-0.4, -0.2) is 69.8 Å². The summed E-state index contributed by atoms with van der Waals surface area (Å²) < 4.78 is 0. The first kappa shape index (κ1) is 28.7. The highest BCUT2D eigenvalue weighted by Gasteiger charge is 2.33. The third-order valence-corrected chi connectivity index (χ3v) is 5.53. The summed E-state index contributed by atoms with van der Waals surface area (Å²) in [6.45, 7) is 7.20. The molecule has 0 fully saturated rings. The highest BCUT2D eigenvalue weighted by atomic mass is 32.1. The molecule has 0 saturated heterocycles. The zero-order valence-corrected chi connectivity index (χ0v) is 19.1. The second-order valence-corrected chi connectivity index (χ2v) is 7.89. The van der Waals surface area contributed by atoms with E-state index in [1.54, 1.807) is 20.8 Å². The minimum atomic E-state index is -1.54. The van der Waals surface area contributed by atoms with Crippen molar-refractivity contribution in [1.82, 2.24) is 16.0 Å². The van der Waals surface area contributed by atoms with Crippen molar-refractivity contribution in [2.75, 3.05) is 5.75 Å². The average Bonchev–Trinajstić information content (AvgIpc) is 2.72. The van der Waals surface area contributed by atoms with Crippen LogP contribution in [0, 0.1) is 11.8 Å². The smallest absolute Gasteiger partial charge is 0.327 e. The number of thiol groups is 1. The molecule has 0 saturated carbocycles. The van der Waals surface area contributed by atoms with E-state index in [4.69, 9.17) is 15.9 Å². The maximum absolute atomic E-state index is 12.9. The molecule has 178 valence electrons. The van der Waals surface area contributed by atoms with Crippen LogP contribution in [0.15, 0.2) is 0 Å². The highest BCUT2D eigenvalue weighted by Crippen LogP contribution is 2.11. The Hall–Kier alpha value is -2.34. The van der Waals surface area contributed by atoms with Crippen LogP contribution in [-0.2, 0) is 24.0 Å². The van der Waals surface area contributed by atoms with Gasteiger partial charge >= 0.3 is 11.9 Å². The van der Waals surface area contributed by atoms with E-state index >= 15 is 0 Å². The van der Waals surface area contributed by atoms with Crippen molar-refractivity contribution in [2.24, 2.45) is 17.6 Å². The van der Waals surface area contributed by atoms with Crippen molar-refractivity contribution >= 4 is 42.3 Å². The average molecular weight is 463 g/mol. The number of nitrogens with two attached hydrogens (primary N) is 1. The van der Waals surface area contributed by atoms with E-state index in [1.165, 1.54) is 0 Å². The predicted molar refractivity (Wildman–Crippen MR) is 116 cm³/mol. The van der Waals surface area contributed by atoms with Crippen LogP contribution >= 0.6 is 12.6 Å². The maximum atomic E-state index is 12.9. The van der Waals surface area contributed by atoms with Crippen molar-refractivity contribution in [3.63, 3.8) is 0 Å². The van der Waals surface area contributed by atoms with Crippen molar-refractivity contribution in [1.29, 1.82) is 0 Å². The second kappa shape index (κ2) is 13.9. The van der Waals surface area contributed by atoms with Gasteiger partial charge in [-0.15, -0.1) is 0 Å². The second-order valence-electron chi connectivity index (χ2n) is 7.52. The van der Waals surface area contributed by atoms with Crippen molar-refractivity contribution in [3.05, 3.63) is 0 Å². The normalized spacial score (nSPS) is 16.7. The quantitative estimate of drug-likeness (QED) is 0.166. The van der Waals surface area contributed by atoms with E-state index < -0.39 is 60.2 Å². The minimum Gasteiger partial charge on any atom is -0.481 e. The first-order chi connectivity index (χ1) is 14.4. The van der Waals surface area contributed by atoms with Gasteiger partial charge in [-0.2, -0.15) is 12.6 Å². The van der Waals surface area contributed by atoms with Gasteiger partial charge in [-0.25, -0.2) is 4.79 Å². The van der Waals surface area contributed by atoms with Crippen molar-refractivity contribution in [3.8, 4) is 0 Å². The first-order valence-corrected chi connectivity index (χ1v) is 10.7. The summed E-state index contributed by atoms with van der Waals surface area (Å²) in [4.78, 5) is 60.0. The number of carboxylic acid groups (broad SMARTS) is 2. The third kappa shape index (κ3) is 9.55. The molecule has 3 amide bonds. The molecule has 6 atom stereocenters. The molecule has 12 heteroatoms. The molecule has 0 rings (SSSR count). The Kier molecular flexibility index (Phi) is 12.8. The molecule has 0 bridgehead atoms. The first-order valence-electron chi connectivity index (χ1n) is 10.1. The molecule has 0 aliphatic heterocycles. The molecule has 0 radical (unpaired) electrons. The van der Waals surface area contributed by atoms with Crippen LogP contribution in [0.4, 0.5) is 0 Å². The summed E-state index contributed by atoms with van der Waals surface area (Å²) in [6, 6.07) is -4.80. The van der Waals surface area contributed by atoms with Gasteiger partial charge in [0.25, 0.3) is 0 Å². The molecule has 0 aromatic rings. The van der Waals surface area contributed by atoms with Gasteiger partial charge in [0, 0.05) is 5.75 Å². The van der Waals surface area contributed by atoms with Crippen LogP contribution in [0.2, 0.25) is 0 Å². The molecule has 0 aromatic heterocycles. The lowest BCUT2D eigenvalue weighted by atomic mass is 9.95. The lowest BCUT2D eigenvalue weighted by Crippen LogP contribution is -2.59. The zero-order valence-electron chi connectivity index (χ0n) is 18.3. The molecular formula is C19H34N4O7S. The predicted octanol–water partition coefficient (Wildman–Crippen LogP) is -0.651. The van der Waals surface area contributed by atoms with Gasteiger partial charge in [-0.3, -0.25) is 19.2 Å². The lowest BCUT2D eigenvalue weighted by Gasteiger charge is -2.28. The molecule has 31 heavy (non-hydrogen) atoms. The van der Waals surface area contributed by atoms with Gasteiger partial charge in [0.1, 0.15) is 18.1 Å². The number of hydrogen-bond acceptors (Lipinski definition) is 7. The van der Waals surface area contributed by atoms with Gasteiger partial charge in [0.05, 0.1) is 12.5 Å². The molecule has 0 aliphatic rings. The van der Waals surface area contributed by atoms with Crippen LogP contribution < -0.4 is 21.7 Å². The van der Waals surface area contributed by atoms with Crippen molar-refractivity contribution in [2.45, 2.75) is 71.1 Å². The summed E-state index contributed by atoms with van der Waals surface area (Å²) in [5.74, 6) is -5.70. The van der Waals surface area contributed by atoms with Gasteiger partial charge in [0.15, 0.2) is 0 Å². The molecule has 0 spiro atoms. The van der Waals surface area contributed by atoms with E-state index in [2.05, 4.69) is 28.6 Å². The molecule has 6 unspecified atom stereocenters. The molecule has 11 nitrogen and oxygen atoms in total. The van der Waals surface area contributed by atoms with Crippen LogP contribution in [0.25, 0.3) is 0 Å². The Labute approximate surface area is 187 Å². The lowest BCUT2D eigenvalue weighted by molar-refractivity contribution is -0.143. The molecular weight excluding hydrogens is 428 g/mol. The summed E-state index contributed by atoms with van der Waals surface area (Å²) in [5.41, 5.74) is 5.93. The summed E-state index contributed by atoms with van der Waals surface area (Å²) in [6.07, 6.45) is 0.392. The number of hydrogen-bond donors (Lipinski definition) is 7. The molecule has 7 N–H and O–H groups in total. The SMILES string of the molecule is CCC(C)C(N)C(=O)NC(C(=O)NC(CC(=O)O)C(=O)NC(CS)C(=O)O)C(C)CC. The Morgan fingerprint density at radius 3 is 1.77 bits per heavy atom. The zero-order chi connectivity index (χ0) is 24.3. The largest absolute Gasteiger partial charge is 0.481 e. The fourth-order valence-electron chi connectivity index (χ4n) is 2.57. The standard InChI is InChI=1S/C19H34N4O7S/c1-5-9(3)14(20)17(27)23-15(10(4)6-2)18(28)21-11(7-13(24)25)16(26)22-12(8-31)19(29)30/h9-12,14-15,31H,5-8,20H2,1-4H3,(H,21,28)(H,22,26)(H,23,27)(H,24,25)(H,29,30). The fraction of sp³-hybridized carbons (Fsp3) is 0.737. The van der Waals surface area contributed by atoms with Crippen molar-refractivity contribution < 1.29 is 34.2 Å². The molecule has 0 aliphatic carbocycles. The van der Waals surface area contributed by atoms with Gasteiger partial charge in [-0.05, 0) is 11.8 Å². The van der Waals surface area contributed by atoms with E-state index in [-0.39, 0.29) is 17.6 Å². The molecule has 0 heterocycles. The fourth-order valence-corrected chi connectivity index (χ4v) is 2.81. The summed E-state index contributed by atoms with van der Waals surface area (Å²) in [7, 11) is 0. The number of rotatable bonds is 14. The van der Waals surface area contributed by atoms with Crippen LogP contribution in [0.5, 0.6) is 0 Å². The summed E-state index contributed by atoms with van der Waals surface area (Å²) >= 11 is 3.83. The monoisotopic (exact) mass is 462 g/mol. The van der Waals surface area contributed by atoms with Gasteiger partial charge in [-0.1, -0.05) is 40.5 Å². The Balaban J connectivity index is 5.53. The number of carbonyl (C=O) groups excluding carboxylic acids is 3. The topological polar surface area (TPSA) is 188 Å². The number of nitrogens with one attached hydrogen (secondary N) is 3. The minimum absolute atomic E-state index is 0.125. The summed E-state index contributed by atoms with van der Waals surface area (Å²) in [5, 5.41) is 25.2. The Morgan fingerprint density at radius 2 is 1.35 bits per heavy atom. The number of aliphatic carboxylic acids is 2. The van der Waals surface area contributed by atoms with E-state index in [1.807, 2.05) is 6.92 Å². The van der Waals surface area contributed by atoms with E-state index in [9.17, 15) is 24.0 Å². The van der Waals surface area contributed by atoms with E-state index in [0.29, 0.717) is 12.8 Å². The Bertz CT molecular complexity index is 661. The Morgan fingerprint density at radius 1 is 0.839 bits per heavy atom. The van der Waals surface area contributed by atoms with Crippen LogP contribution in [0.1, 0.15) is 47.0 Å². The number of carbonyl (C=O) groups is 5. The maximum Gasteiger partial charge on any atom is 0.327 e. The number of amides is 3. The highest BCUT2D eigenvalue weighted by molar-refractivity contribution is 7.80. The third-order valence-electron chi connectivity index (χ3n) is 5.16.